The Kier molecular flexibility index (Phi) is 4.43. The Labute approximate surface area is 99.4 Å². The number of rotatable bonds is 3. The molecule has 0 atom stereocenters. The highest BCUT2D eigenvalue weighted by molar-refractivity contribution is 8.43. The smallest absolute Gasteiger partial charge is 0.00855 e. The first-order valence-corrected chi connectivity index (χ1v) is 10.8. The Balaban J connectivity index is 2.71. The lowest BCUT2D eigenvalue weighted by molar-refractivity contribution is 0.366. The van der Waals surface area contributed by atoms with Crippen LogP contribution in [0.15, 0.2) is 0 Å². The van der Waals surface area contributed by atoms with Gasteiger partial charge < -0.3 is 0 Å². The minimum Gasteiger partial charge on any atom is -0.256 e. The lowest BCUT2D eigenvalue weighted by Gasteiger charge is -2.56. The summed E-state index contributed by atoms with van der Waals surface area (Å²) in [7, 11) is 1.02. The fourth-order valence-electron chi connectivity index (χ4n) is 2.02. The molecule has 4 heteroatoms. The van der Waals surface area contributed by atoms with Crippen molar-refractivity contribution in [1.29, 1.82) is 0 Å². The first-order valence-electron chi connectivity index (χ1n) is 5.67. The van der Waals surface area contributed by atoms with Crippen molar-refractivity contribution in [3.05, 3.63) is 0 Å². The van der Waals surface area contributed by atoms with Gasteiger partial charge in [0.2, 0.25) is 0 Å². The van der Waals surface area contributed by atoms with Gasteiger partial charge in [-0.3, -0.25) is 4.31 Å². The monoisotopic (exact) mass is 252 g/mol. The molecular weight excluding hydrogens is 224 g/mol. The highest BCUT2D eigenvalue weighted by Crippen LogP contribution is 2.59. The third-order valence-electron chi connectivity index (χ3n) is 3.35. The van der Waals surface area contributed by atoms with E-state index in [4.69, 9.17) is 0 Å². The quantitative estimate of drug-likeness (QED) is 0.762. The predicted octanol–water partition coefficient (Wildman–Crippen LogP) is 2.91. The van der Waals surface area contributed by atoms with E-state index in [1.54, 1.807) is 0 Å². The molecule has 0 bridgehead atoms. The zero-order valence-electron chi connectivity index (χ0n) is 11.2. The van der Waals surface area contributed by atoms with Crippen molar-refractivity contribution in [2.45, 2.75) is 19.3 Å². The van der Waals surface area contributed by atoms with Gasteiger partial charge in [-0.25, -0.2) is 3.71 Å². The van der Waals surface area contributed by atoms with E-state index in [1.807, 2.05) is 0 Å². The molecule has 0 aromatic heterocycles. The van der Waals surface area contributed by atoms with Crippen molar-refractivity contribution >= 4 is 20.6 Å². The Morgan fingerprint density at radius 3 is 1.73 bits per heavy atom. The zero-order chi connectivity index (χ0) is 11.7. The number of hydrogen-bond acceptors (Lipinski definition) is 2. The molecule has 1 saturated heterocycles. The topological polar surface area (TPSA) is 6.48 Å². The van der Waals surface area contributed by atoms with E-state index in [0.29, 0.717) is 0 Å². The Bertz CT molecular complexity index is 205. The highest BCUT2D eigenvalue weighted by Gasteiger charge is 2.31. The second kappa shape index (κ2) is 4.86. The second-order valence-electron chi connectivity index (χ2n) is 5.42. The SMILES string of the molecule is CN(S(C)(C)C)S(C)(C)N1CCCCC1. The lowest BCUT2D eigenvalue weighted by atomic mass is 10.2. The normalized spacial score (nSPS) is 23.1. The summed E-state index contributed by atoms with van der Waals surface area (Å²) >= 11 is 0. The van der Waals surface area contributed by atoms with E-state index in [2.05, 4.69) is 46.3 Å². The van der Waals surface area contributed by atoms with Crippen molar-refractivity contribution in [2.75, 3.05) is 51.4 Å². The third-order valence-corrected chi connectivity index (χ3v) is 10.2. The standard InChI is InChI=1S/C11H28N2S2/c1-12(14(2,3)4)15(5,6)13-10-8-7-9-11-13/h7-11H2,1-6H3. The molecule has 0 aromatic carbocycles. The van der Waals surface area contributed by atoms with Crippen molar-refractivity contribution in [3.8, 4) is 0 Å². The average molecular weight is 252 g/mol. The number of hydrogen-bond donors (Lipinski definition) is 0. The molecule has 1 rings (SSSR count). The summed E-state index contributed by atoms with van der Waals surface area (Å²) in [5.41, 5.74) is 0. The lowest BCUT2D eigenvalue weighted by Crippen LogP contribution is -2.40. The Hall–Kier alpha value is 0.620. The fourth-order valence-corrected chi connectivity index (χ4v) is 8.16. The second-order valence-corrected chi connectivity index (χ2v) is 13.3. The molecule has 1 fully saturated rings. The van der Waals surface area contributed by atoms with Gasteiger partial charge in [-0.2, -0.15) is 10.2 Å². The number of piperidine rings is 1. The maximum absolute atomic E-state index is 2.73. The van der Waals surface area contributed by atoms with E-state index in [9.17, 15) is 0 Å². The van der Waals surface area contributed by atoms with Crippen LogP contribution < -0.4 is 0 Å². The largest absolute Gasteiger partial charge is 0.256 e. The van der Waals surface area contributed by atoms with Crippen LogP contribution in [-0.2, 0) is 0 Å². The molecule has 0 N–H and O–H groups in total. The summed E-state index contributed by atoms with van der Waals surface area (Å²) in [6, 6.07) is 0. The molecule has 0 unspecified atom stereocenters. The van der Waals surface area contributed by atoms with Gasteiger partial charge >= 0.3 is 0 Å². The van der Waals surface area contributed by atoms with E-state index >= 15 is 0 Å². The van der Waals surface area contributed by atoms with E-state index in [0.717, 1.165) is 0 Å². The minimum atomic E-state index is -0.716. The summed E-state index contributed by atoms with van der Waals surface area (Å²) in [6.45, 7) is 2.62. The summed E-state index contributed by atoms with van der Waals surface area (Å²) in [5.74, 6) is 0. The van der Waals surface area contributed by atoms with Gasteiger partial charge in [-0.15, -0.1) is 10.4 Å². The first-order chi connectivity index (χ1) is 6.76. The molecule has 0 spiro atoms. The van der Waals surface area contributed by atoms with Crippen molar-refractivity contribution < 1.29 is 0 Å². The van der Waals surface area contributed by atoms with Gasteiger partial charge in [0.05, 0.1) is 0 Å². The molecule has 0 amide bonds. The summed E-state index contributed by atoms with van der Waals surface area (Å²) < 4.78 is 5.39. The van der Waals surface area contributed by atoms with Crippen LogP contribution in [0.25, 0.3) is 0 Å². The van der Waals surface area contributed by atoms with Gasteiger partial charge in [0.1, 0.15) is 0 Å². The van der Waals surface area contributed by atoms with E-state index in [1.165, 1.54) is 32.4 Å². The summed E-state index contributed by atoms with van der Waals surface area (Å²) in [5, 5.41) is 0. The van der Waals surface area contributed by atoms with Gasteiger partial charge in [0.25, 0.3) is 0 Å². The zero-order valence-corrected chi connectivity index (χ0v) is 12.9. The van der Waals surface area contributed by atoms with Gasteiger partial charge in [0.15, 0.2) is 0 Å². The Morgan fingerprint density at radius 2 is 1.33 bits per heavy atom. The average Bonchev–Trinajstić information content (AvgIpc) is 2.16. The molecule has 0 aromatic rings. The van der Waals surface area contributed by atoms with Gasteiger partial charge in [0, 0.05) is 20.1 Å². The van der Waals surface area contributed by atoms with Crippen LogP contribution in [0.4, 0.5) is 0 Å². The molecule has 1 aliphatic heterocycles. The minimum absolute atomic E-state index is 0.581. The van der Waals surface area contributed by atoms with Crippen molar-refractivity contribution in [1.82, 2.24) is 8.02 Å². The van der Waals surface area contributed by atoms with Crippen LogP contribution in [0.5, 0.6) is 0 Å². The molecule has 1 heterocycles. The van der Waals surface area contributed by atoms with Crippen LogP contribution >= 0.6 is 20.6 Å². The molecule has 1 aliphatic rings. The van der Waals surface area contributed by atoms with Crippen LogP contribution in [-0.4, -0.2) is 59.4 Å². The highest BCUT2D eigenvalue weighted by atomic mass is 32.3. The van der Waals surface area contributed by atoms with Gasteiger partial charge in [-0.05, 0) is 44.1 Å². The molecular formula is C11H28N2S2. The van der Waals surface area contributed by atoms with Gasteiger partial charge in [-0.1, -0.05) is 6.42 Å². The molecule has 0 aliphatic carbocycles. The van der Waals surface area contributed by atoms with Crippen molar-refractivity contribution in [3.63, 3.8) is 0 Å². The van der Waals surface area contributed by atoms with Crippen LogP contribution in [0, 0.1) is 0 Å². The molecule has 94 valence electrons. The van der Waals surface area contributed by atoms with Crippen LogP contribution in [0.2, 0.25) is 0 Å². The first kappa shape index (κ1) is 13.7. The predicted molar refractivity (Wildman–Crippen MR) is 78.0 cm³/mol. The van der Waals surface area contributed by atoms with E-state index in [-0.39, 0.29) is 0 Å². The van der Waals surface area contributed by atoms with Crippen LogP contribution in [0.3, 0.4) is 0 Å². The molecule has 0 saturated carbocycles. The third kappa shape index (κ3) is 3.29. The maximum atomic E-state index is 2.73. The molecule has 2 nitrogen and oxygen atoms in total. The summed E-state index contributed by atoms with van der Waals surface area (Å²) in [4.78, 5) is 0. The Morgan fingerprint density at radius 1 is 0.867 bits per heavy atom. The number of nitrogens with zero attached hydrogens (tertiary/aromatic N) is 2. The van der Waals surface area contributed by atoms with Crippen molar-refractivity contribution in [2.24, 2.45) is 0 Å². The molecule has 0 radical (unpaired) electrons. The fraction of sp³-hybridized carbons (Fsp3) is 1.00. The summed E-state index contributed by atoms with van der Waals surface area (Å²) in [6.07, 6.45) is 16.3. The van der Waals surface area contributed by atoms with E-state index < -0.39 is 20.6 Å². The maximum Gasteiger partial charge on any atom is 0.00855 e. The van der Waals surface area contributed by atoms with Crippen LogP contribution in [0.1, 0.15) is 19.3 Å². The molecule has 15 heavy (non-hydrogen) atoms.